The fraction of sp³-hybridized carbons (Fsp3) is 0.0769. The third-order valence-electron chi connectivity index (χ3n) is 2.93. The highest BCUT2D eigenvalue weighted by Crippen LogP contribution is 2.42. The molecule has 0 bridgehead atoms. The van der Waals surface area contributed by atoms with Crippen LogP contribution in [0.15, 0.2) is 39.3 Å². The van der Waals surface area contributed by atoms with Gasteiger partial charge in [0.25, 0.3) is 0 Å². The van der Waals surface area contributed by atoms with Crippen molar-refractivity contribution < 1.29 is 0 Å². The van der Waals surface area contributed by atoms with Gasteiger partial charge in [-0.25, -0.2) is 0 Å². The van der Waals surface area contributed by atoms with Crippen molar-refractivity contribution in [3.05, 3.63) is 50.4 Å². The molecule has 2 aromatic carbocycles. The molecular weight excluding hydrogens is 330 g/mol. The number of hydrogen-bond acceptors (Lipinski definition) is 1. The smallest absolute Gasteiger partial charge is 0.0408 e. The molecule has 1 aliphatic carbocycles. The van der Waals surface area contributed by atoms with Gasteiger partial charge in [0.1, 0.15) is 0 Å². The molecule has 0 radical (unpaired) electrons. The van der Waals surface area contributed by atoms with Crippen LogP contribution in [-0.2, 0) is 6.42 Å². The molecule has 0 fully saturated rings. The zero-order chi connectivity index (χ0) is 11.3. The van der Waals surface area contributed by atoms with Crippen molar-refractivity contribution >= 4 is 37.5 Å². The summed E-state index contributed by atoms with van der Waals surface area (Å²) >= 11 is 6.99. The van der Waals surface area contributed by atoms with Crippen LogP contribution in [-0.4, -0.2) is 0 Å². The zero-order valence-corrected chi connectivity index (χ0v) is 11.6. The number of rotatable bonds is 0. The molecule has 0 saturated heterocycles. The number of benzene rings is 2. The predicted octanol–water partition coefficient (Wildman–Crippen LogP) is 4.37. The Morgan fingerprint density at radius 1 is 0.938 bits per heavy atom. The lowest BCUT2D eigenvalue weighted by Crippen LogP contribution is -1.90. The Balaban J connectivity index is 2.29. The van der Waals surface area contributed by atoms with Crippen LogP contribution < -0.4 is 5.73 Å². The van der Waals surface area contributed by atoms with Crippen molar-refractivity contribution in [1.29, 1.82) is 0 Å². The summed E-state index contributed by atoms with van der Waals surface area (Å²) in [4.78, 5) is 0. The first-order valence-electron chi connectivity index (χ1n) is 5.02. The number of fused-ring (bicyclic) bond motifs is 3. The van der Waals surface area contributed by atoms with Crippen LogP contribution >= 0.6 is 31.9 Å². The highest BCUT2D eigenvalue weighted by atomic mass is 79.9. The van der Waals surface area contributed by atoms with Gasteiger partial charge in [-0.05, 0) is 47.4 Å². The van der Waals surface area contributed by atoms with Crippen LogP contribution in [0.4, 0.5) is 5.69 Å². The summed E-state index contributed by atoms with van der Waals surface area (Å²) in [7, 11) is 0. The van der Waals surface area contributed by atoms with E-state index >= 15 is 0 Å². The van der Waals surface area contributed by atoms with Crippen LogP contribution in [0, 0.1) is 0 Å². The molecular formula is C13H9Br2N. The van der Waals surface area contributed by atoms with E-state index in [1.165, 1.54) is 22.3 Å². The van der Waals surface area contributed by atoms with Crippen molar-refractivity contribution in [2.45, 2.75) is 6.42 Å². The molecule has 1 nitrogen and oxygen atoms in total. The number of nitrogen functional groups attached to an aromatic ring is 1. The van der Waals surface area contributed by atoms with E-state index in [9.17, 15) is 0 Å². The number of halogens is 2. The molecule has 0 aliphatic heterocycles. The molecule has 3 heteroatoms. The molecule has 0 unspecified atom stereocenters. The van der Waals surface area contributed by atoms with E-state index < -0.39 is 0 Å². The van der Waals surface area contributed by atoms with Crippen LogP contribution in [0.5, 0.6) is 0 Å². The Hall–Kier alpha value is -0.800. The van der Waals surface area contributed by atoms with Crippen LogP contribution in [0.2, 0.25) is 0 Å². The van der Waals surface area contributed by atoms with E-state index in [4.69, 9.17) is 5.73 Å². The average Bonchev–Trinajstić information content (AvgIpc) is 2.54. The molecule has 2 N–H and O–H groups in total. The third-order valence-corrected chi connectivity index (χ3v) is 3.88. The second-order valence-corrected chi connectivity index (χ2v) is 5.84. The summed E-state index contributed by atoms with van der Waals surface area (Å²) in [6.45, 7) is 0. The SMILES string of the molecule is Nc1cc(Br)cc2c1-c1ccc(Br)cc1C2. The van der Waals surface area contributed by atoms with Gasteiger partial charge in [-0.15, -0.1) is 0 Å². The summed E-state index contributed by atoms with van der Waals surface area (Å²) in [5.41, 5.74) is 12.1. The normalized spacial score (nSPS) is 12.4. The Bertz CT molecular complexity index is 591. The maximum absolute atomic E-state index is 6.08. The zero-order valence-electron chi connectivity index (χ0n) is 8.43. The van der Waals surface area contributed by atoms with Crippen molar-refractivity contribution in [1.82, 2.24) is 0 Å². The van der Waals surface area contributed by atoms with Gasteiger partial charge < -0.3 is 5.73 Å². The standard InChI is InChI=1S/C13H9Br2N/c14-9-1-2-11-7(4-9)3-8-5-10(15)6-12(16)13(8)11/h1-2,4-6H,3,16H2. The number of nitrogens with two attached hydrogens (primary N) is 1. The predicted molar refractivity (Wildman–Crippen MR) is 74.5 cm³/mol. The molecule has 3 rings (SSSR count). The van der Waals surface area contributed by atoms with Gasteiger partial charge >= 0.3 is 0 Å². The molecule has 0 atom stereocenters. The lowest BCUT2D eigenvalue weighted by atomic mass is 10.0. The third kappa shape index (κ3) is 1.50. The average molecular weight is 339 g/mol. The minimum absolute atomic E-state index is 0.852. The summed E-state index contributed by atoms with van der Waals surface area (Å²) in [5.74, 6) is 0. The lowest BCUT2D eigenvalue weighted by Gasteiger charge is -2.06. The van der Waals surface area contributed by atoms with Gasteiger partial charge in [-0.3, -0.25) is 0 Å². The van der Waals surface area contributed by atoms with Gasteiger partial charge in [-0.1, -0.05) is 37.9 Å². The van der Waals surface area contributed by atoms with Crippen molar-refractivity contribution in [3.63, 3.8) is 0 Å². The molecule has 0 saturated carbocycles. The maximum atomic E-state index is 6.08. The maximum Gasteiger partial charge on any atom is 0.0408 e. The summed E-state index contributed by atoms with van der Waals surface area (Å²) in [6, 6.07) is 10.5. The van der Waals surface area contributed by atoms with Gasteiger partial charge in [0.2, 0.25) is 0 Å². The molecule has 16 heavy (non-hydrogen) atoms. The largest absolute Gasteiger partial charge is 0.398 e. The van der Waals surface area contributed by atoms with Crippen LogP contribution in [0.1, 0.15) is 11.1 Å². The van der Waals surface area contributed by atoms with Gasteiger partial charge in [0, 0.05) is 20.2 Å². The minimum atomic E-state index is 0.852. The molecule has 0 spiro atoms. The molecule has 0 aromatic heterocycles. The monoisotopic (exact) mass is 337 g/mol. The van der Waals surface area contributed by atoms with Crippen molar-refractivity contribution in [2.75, 3.05) is 5.73 Å². The van der Waals surface area contributed by atoms with Gasteiger partial charge in [0.05, 0.1) is 0 Å². The molecule has 1 aliphatic rings. The highest BCUT2D eigenvalue weighted by molar-refractivity contribution is 9.10. The van der Waals surface area contributed by atoms with E-state index in [0.29, 0.717) is 0 Å². The molecule has 2 aromatic rings. The second-order valence-electron chi connectivity index (χ2n) is 4.01. The first-order valence-corrected chi connectivity index (χ1v) is 6.60. The van der Waals surface area contributed by atoms with E-state index in [1.54, 1.807) is 0 Å². The van der Waals surface area contributed by atoms with Crippen molar-refractivity contribution in [2.24, 2.45) is 0 Å². The fourth-order valence-electron chi connectivity index (χ4n) is 2.31. The Kier molecular flexibility index (Phi) is 2.33. The summed E-state index contributed by atoms with van der Waals surface area (Å²) < 4.78 is 2.17. The van der Waals surface area contributed by atoms with Gasteiger partial charge in [-0.2, -0.15) is 0 Å². The van der Waals surface area contributed by atoms with Crippen LogP contribution in [0.3, 0.4) is 0 Å². The van der Waals surface area contributed by atoms with E-state index in [0.717, 1.165) is 21.1 Å². The van der Waals surface area contributed by atoms with Gasteiger partial charge in [0.15, 0.2) is 0 Å². The topological polar surface area (TPSA) is 26.0 Å². The highest BCUT2D eigenvalue weighted by Gasteiger charge is 2.21. The first-order chi connectivity index (χ1) is 7.65. The van der Waals surface area contributed by atoms with Crippen molar-refractivity contribution in [3.8, 4) is 11.1 Å². The second kappa shape index (κ2) is 3.60. The minimum Gasteiger partial charge on any atom is -0.398 e. The van der Waals surface area contributed by atoms with E-state index in [-0.39, 0.29) is 0 Å². The number of hydrogen-bond donors (Lipinski definition) is 1. The Morgan fingerprint density at radius 3 is 2.50 bits per heavy atom. The summed E-state index contributed by atoms with van der Waals surface area (Å²) in [5, 5.41) is 0. The lowest BCUT2D eigenvalue weighted by molar-refractivity contribution is 1.25. The van der Waals surface area contributed by atoms with Crippen LogP contribution in [0.25, 0.3) is 11.1 Å². The fourth-order valence-corrected chi connectivity index (χ4v) is 3.24. The molecule has 0 heterocycles. The number of anilines is 1. The van der Waals surface area contributed by atoms with E-state index in [1.807, 2.05) is 6.07 Å². The summed E-state index contributed by atoms with van der Waals surface area (Å²) in [6.07, 6.45) is 0.966. The Morgan fingerprint density at radius 2 is 1.69 bits per heavy atom. The quantitative estimate of drug-likeness (QED) is 0.605. The molecule has 0 amide bonds. The first kappa shape index (κ1) is 10.4. The molecule has 80 valence electrons. The Labute approximate surface area is 111 Å². The van der Waals surface area contributed by atoms with E-state index in [2.05, 4.69) is 56.1 Å².